The number of urea groups is 2. The molecule has 0 saturated heterocycles. The minimum Gasteiger partial charge on any atom is -0.307 e. The van der Waals surface area contributed by atoms with E-state index in [1.165, 1.54) is 58.3 Å². The minimum absolute atomic E-state index is 0.396. The molecule has 2 aliphatic heterocycles. The van der Waals surface area contributed by atoms with E-state index in [0.717, 1.165) is 0 Å². The number of amides is 4. The molecule has 10 heteroatoms. The van der Waals surface area contributed by atoms with Gasteiger partial charge in [0, 0.05) is 43.9 Å². The first-order chi connectivity index (χ1) is 18.3. The Labute approximate surface area is 226 Å². The van der Waals surface area contributed by atoms with Gasteiger partial charge >= 0.3 is 12.1 Å². The van der Waals surface area contributed by atoms with Gasteiger partial charge in [-0.25, -0.2) is 18.4 Å². The van der Waals surface area contributed by atoms with Crippen molar-refractivity contribution in [3.63, 3.8) is 0 Å². The van der Waals surface area contributed by atoms with Crippen LogP contribution in [0.1, 0.15) is 23.2 Å². The number of halogens is 4. The van der Waals surface area contributed by atoms with Crippen molar-refractivity contribution in [2.45, 2.75) is 12.1 Å². The summed E-state index contributed by atoms with van der Waals surface area (Å²) in [5, 5.41) is 6.58. The number of anilines is 4. The van der Waals surface area contributed by atoms with E-state index in [4.69, 9.17) is 23.2 Å². The topological polar surface area (TPSA) is 64.7 Å². The van der Waals surface area contributed by atoms with Crippen molar-refractivity contribution >= 4 is 58.0 Å². The SMILES string of the molecule is O=C1Nc2ccc(Cl)cc2C(C2c3cc(Cl)ccc3NC(=O)N2c2ccc(F)cc2)N1c1ccc(F)cc1. The first-order valence-electron chi connectivity index (χ1n) is 11.6. The van der Waals surface area contributed by atoms with Gasteiger partial charge in [-0.05, 0) is 84.9 Å². The third-order valence-corrected chi connectivity index (χ3v) is 7.12. The van der Waals surface area contributed by atoms with Gasteiger partial charge in [0.2, 0.25) is 0 Å². The monoisotopic (exact) mass is 550 g/mol. The summed E-state index contributed by atoms with van der Waals surface area (Å²) in [7, 11) is 0. The number of rotatable bonds is 3. The Morgan fingerprint density at radius 2 is 0.947 bits per heavy atom. The molecular formula is C28H18Cl2F2N4O2. The molecule has 0 aromatic heterocycles. The average molecular weight is 551 g/mol. The van der Waals surface area contributed by atoms with Crippen LogP contribution in [0.4, 0.5) is 41.1 Å². The Balaban J connectivity index is 1.65. The normalized spacial score (nSPS) is 18.4. The number of hydrogen-bond donors (Lipinski definition) is 2. The zero-order valence-electron chi connectivity index (χ0n) is 19.5. The van der Waals surface area contributed by atoms with Crippen LogP contribution in [0.3, 0.4) is 0 Å². The lowest BCUT2D eigenvalue weighted by Crippen LogP contribution is -2.52. The maximum atomic E-state index is 13.9. The quantitative estimate of drug-likeness (QED) is 0.270. The van der Waals surface area contributed by atoms with Crippen LogP contribution in [0.2, 0.25) is 10.0 Å². The summed E-state index contributed by atoms with van der Waals surface area (Å²) in [6.45, 7) is 0. The largest absolute Gasteiger partial charge is 0.326 e. The van der Waals surface area contributed by atoms with Gasteiger partial charge in [-0.3, -0.25) is 9.80 Å². The first-order valence-corrected chi connectivity index (χ1v) is 12.4. The molecule has 38 heavy (non-hydrogen) atoms. The van der Waals surface area contributed by atoms with Crippen LogP contribution >= 0.6 is 23.2 Å². The average Bonchev–Trinajstić information content (AvgIpc) is 2.89. The number of nitrogens with one attached hydrogen (secondary N) is 2. The van der Waals surface area contributed by atoms with Crippen LogP contribution in [0.5, 0.6) is 0 Å². The van der Waals surface area contributed by atoms with Crippen LogP contribution in [0.25, 0.3) is 0 Å². The second-order valence-electron chi connectivity index (χ2n) is 8.91. The highest BCUT2D eigenvalue weighted by molar-refractivity contribution is 6.31. The van der Waals surface area contributed by atoms with Crippen LogP contribution in [0.15, 0.2) is 84.9 Å². The second kappa shape index (κ2) is 9.31. The highest BCUT2D eigenvalue weighted by atomic mass is 35.5. The molecule has 0 aliphatic carbocycles. The first kappa shape index (κ1) is 24.2. The standard InChI is InChI=1S/C28H18Cl2F2N4O2/c29-15-1-11-23-21(13-15)25(35(27(37)33-23)19-7-3-17(31)4-8-19)26-22-14-16(30)2-12-24(22)34-28(38)36(26)20-9-5-18(32)6-10-20/h1-14,25-26H,(H,33,37)(H,34,38). The Morgan fingerprint density at radius 3 is 1.32 bits per heavy atom. The maximum absolute atomic E-state index is 13.9. The van der Waals surface area contributed by atoms with E-state index < -0.39 is 35.8 Å². The number of carbonyl (C=O) groups excluding carboxylic acids is 2. The van der Waals surface area contributed by atoms with Crippen molar-refractivity contribution in [1.29, 1.82) is 0 Å². The molecule has 0 spiro atoms. The number of nitrogens with zero attached hydrogens (tertiary/aromatic N) is 2. The van der Waals surface area contributed by atoms with Gasteiger partial charge < -0.3 is 10.6 Å². The van der Waals surface area contributed by atoms with E-state index in [-0.39, 0.29) is 0 Å². The summed E-state index contributed by atoms with van der Waals surface area (Å²) in [4.78, 5) is 30.2. The van der Waals surface area contributed by atoms with Crippen molar-refractivity contribution in [2.24, 2.45) is 0 Å². The summed E-state index contributed by atoms with van der Waals surface area (Å²) >= 11 is 12.8. The van der Waals surface area contributed by atoms with Crippen LogP contribution in [-0.4, -0.2) is 12.1 Å². The molecule has 4 aromatic rings. The van der Waals surface area contributed by atoms with Crippen LogP contribution in [-0.2, 0) is 0 Å². The fourth-order valence-electron chi connectivity index (χ4n) is 5.05. The van der Waals surface area contributed by atoms with E-state index in [0.29, 0.717) is 43.9 Å². The molecule has 0 fully saturated rings. The summed E-state index contributed by atoms with van der Waals surface area (Å²) < 4.78 is 27.7. The summed E-state index contributed by atoms with van der Waals surface area (Å²) in [6.07, 6.45) is 0. The molecule has 6 rings (SSSR count). The fourth-order valence-corrected chi connectivity index (χ4v) is 5.41. The van der Waals surface area contributed by atoms with E-state index in [1.54, 1.807) is 36.4 Å². The van der Waals surface area contributed by atoms with Gasteiger partial charge in [0.15, 0.2) is 0 Å². The zero-order chi connectivity index (χ0) is 26.6. The Kier molecular flexibility index (Phi) is 5.93. The molecule has 190 valence electrons. The van der Waals surface area contributed by atoms with Crippen LogP contribution in [0, 0.1) is 11.6 Å². The smallest absolute Gasteiger partial charge is 0.307 e. The van der Waals surface area contributed by atoms with Gasteiger partial charge in [-0.2, -0.15) is 0 Å². The van der Waals surface area contributed by atoms with Crippen LogP contribution < -0.4 is 20.4 Å². The third kappa shape index (κ3) is 4.12. The predicted molar refractivity (Wildman–Crippen MR) is 144 cm³/mol. The lowest BCUT2D eigenvalue weighted by Gasteiger charge is -2.47. The molecule has 4 amide bonds. The zero-order valence-corrected chi connectivity index (χ0v) is 21.0. The molecule has 0 saturated carbocycles. The minimum atomic E-state index is -0.837. The van der Waals surface area contributed by atoms with Crippen molar-refractivity contribution in [3.8, 4) is 0 Å². The Hall–Kier alpha value is -4.14. The lowest BCUT2D eigenvalue weighted by atomic mass is 9.86. The van der Waals surface area contributed by atoms with Gasteiger partial charge in [-0.1, -0.05) is 23.2 Å². The molecule has 2 heterocycles. The molecule has 2 atom stereocenters. The molecule has 6 nitrogen and oxygen atoms in total. The van der Waals surface area contributed by atoms with E-state index >= 15 is 0 Å². The van der Waals surface area contributed by atoms with Crippen molar-refractivity contribution in [2.75, 3.05) is 20.4 Å². The highest BCUT2D eigenvalue weighted by Gasteiger charge is 2.46. The van der Waals surface area contributed by atoms with Gasteiger partial charge in [-0.15, -0.1) is 0 Å². The Bertz CT molecular complexity index is 1460. The van der Waals surface area contributed by atoms with Crippen molar-refractivity contribution < 1.29 is 18.4 Å². The summed E-state index contributed by atoms with van der Waals surface area (Å²) in [5.41, 5.74) is 3.06. The van der Waals surface area contributed by atoms with Gasteiger partial charge in [0.25, 0.3) is 0 Å². The van der Waals surface area contributed by atoms with Crippen molar-refractivity contribution in [1.82, 2.24) is 0 Å². The highest BCUT2D eigenvalue weighted by Crippen LogP contribution is 2.51. The number of fused-ring (bicyclic) bond motifs is 2. The van der Waals surface area contributed by atoms with Crippen molar-refractivity contribution in [3.05, 3.63) is 118 Å². The number of benzene rings is 4. The maximum Gasteiger partial charge on any atom is 0.326 e. The fraction of sp³-hybridized carbons (Fsp3) is 0.0714. The lowest BCUT2D eigenvalue weighted by molar-refractivity contribution is 0.246. The summed E-state index contributed by atoms with van der Waals surface area (Å²) in [5.74, 6) is -0.929. The van der Waals surface area contributed by atoms with E-state index in [2.05, 4.69) is 10.6 Å². The predicted octanol–water partition coefficient (Wildman–Crippen LogP) is 8.16. The second-order valence-corrected chi connectivity index (χ2v) is 9.78. The summed E-state index contributed by atoms with van der Waals surface area (Å²) in [6, 6.07) is 18.5. The molecule has 2 N–H and O–H groups in total. The third-order valence-electron chi connectivity index (χ3n) is 6.65. The number of hydrogen-bond acceptors (Lipinski definition) is 2. The molecule has 4 aromatic carbocycles. The molecule has 0 radical (unpaired) electrons. The molecule has 2 aliphatic rings. The molecule has 0 bridgehead atoms. The molecular weight excluding hydrogens is 533 g/mol. The Morgan fingerprint density at radius 1 is 0.579 bits per heavy atom. The number of carbonyl (C=O) groups is 2. The van der Waals surface area contributed by atoms with E-state index in [1.807, 2.05) is 0 Å². The molecule has 2 unspecified atom stereocenters. The van der Waals surface area contributed by atoms with Gasteiger partial charge in [0.05, 0.1) is 12.1 Å². The van der Waals surface area contributed by atoms with E-state index in [9.17, 15) is 18.4 Å². The van der Waals surface area contributed by atoms with Gasteiger partial charge in [0.1, 0.15) is 11.6 Å².